The first-order valence-electron chi connectivity index (χ1n) is 8.38. The number of nitrogens with zero attached hydrogens (tertiary/aromatic N) is 3. The molecule has 3 rings (SSSR count). The van der Waals surface area contributed by atoms with Crippen molar-refractivity contribution in [3.63, 3.8) is 0 Å². The molecule has 5 heteroatoms. The van der Waals surface area contributed by atoms with Crippen LogP contribution in [0, 0.1) is 4.77 Å². The summed E-state index contributed by atoms with van der Waals surface area (Å²) in [5, 5.41) is 4.70. The van der Waals surface area contributed by atoms with Crippen LogP contribution >= 0.6 is 12.2 Å². The number of aryl methyl sites for hydroxylation is 2. The van der Waals surface area contributed by atoms with E-state index in [0.29, 0.717) is 6.04 Å². The van der Waals surface area contributed by atoms with Crippen LogP contribution in [0.2, 0.25) is 0 Å². The molecular weight excluding hydrogens is 280 g/mol. The lowest BCUT2D eigenvalue weighted by Gasteiger charge is -2.21. The maximum absolute atomic E-state index is 5.64. The molecule has 0 saturated heterocycles. The second-order valence-corrected chi connectivity index (χ2v) is 6.70. The minimum atomic E-state index is 0.538. The molecule has 0 aliphatic heterocycles. The second-order valence-electron chi connectivity index (χ2n) is 6.32. The third-order valence-electron chi connectivity index (χ3n) is 4.69. The van der Waals surface area contributed by atoms with Crippen LogP contribution in [0.1, 0.15) is 70.0 Å². The number of hydrogen-bond acceptors (Lipinski definition) is 2. The van der Waals surface area contributed by atoms with Gasteiger partial charge in [-0.3, -0.25) is 9.25 Å². The fraction of sp³-hybridized carbons (Fsp3) is 0.750. The van der Waals surface area contributed by atoms with Crippen molar-refractivity contribution in [2.24, 2.45) is 7.05 Å². The topological polar surface area (TPSA) is 38.5 Å². The van der Waals surface area contributed by atoms with Crippen molar-refractivity contribution in [3.8, 4) is 0 Å². The smallest absolute Gasteiger partial charge is 0.179 e. The number of fused-ring (bicyclic) bond motifs is 1. The van der Waals surface area contributed by atoms with E-state index in [1.807, 2.05) is 11.7 Å². The van der Waals surface area contributed by atoms with E-state index >= 15 is 0 Å². The summed E-state index contributed by atoms with van der Waals surface area (Å²) in [4.78, 5) is 3.43. The van der Waals surface area contributed by atoms with Crippen LogP contribution in [0.3, 0.4) is 0 Å². The largest absolute Gasteiger partial charge is 0.328 e. The molecule has 2 aromatic heterocycles. The summed E-state index contributed by atoms with van der Waals surface area (Å²) in [7, 11) is 2.05. The van der Waals surface area contributed by atoms with Crippen LogP contribution < -0.4 is 0 Å². The van der Waals surface area contributed by atoms with Gasteiger partial charge in [0.1, 0.15) is 5.52 Å². The number of aromatic nitrogens is 4. The third-order valence-corrected chi connectivity index (χ3v) is 4.99. The van der Waals surface area contributed by atoms with Crippen molar-refractivity contribution < 1.29 is 0 Å². The van der Waals surface area contributed by atoms with Gasteiger partial charge in [0.15, 0.2) is 10.4 Å². The third kappa shape index (κ3) is 2.80. The average molecular weight is 306 g/mol. The maximum Gasteiger partial charge on any atom is 0.179 e. The van der Waals surface area contributed by atoms with Gasteiger partial charge < -0.3 is 4.98 Å². The Bertz CT molecular complexity index is 656. The van der Waals surface area contributed by atoms with Gasteiger partial charge in [-0.2, -0.15) is 5.10 Å². The van der Waals surface area contributed by atoms with Gasteiger partial charge in [0.25, 0.3) is 0 Å². The number of hydrogen-bond donors (Lipinski definition) is 1. The van der Waals surface area contributed by atoms with E-state index < -0.39 is 0 Å². The minimum absolute atomic E-state index is 0.538. The predicted molar refractivity (Wildman–Crippen MR) is 89.2 cm³/mol. The zero-order valence-corrected chi connectivity index (χ0v) is 14.0. The fourth-order valence-corrected chi connectivity index (χ4v) is 4.02. The quantitative estimate of drug-likeness (QED) is 0.837. The lowest BCUT2D eigenvalue weighted by atomic mass is 9.96. The SMILES string of the molecule is CCCc1nn(C)c2c1[nH]c(=S)n2C1CCCCCCC1. The van der Waals surface area contributed by atoms with Crippen LogP contribution in [0.5, 0.6) is 0 Å². The van der Waals surface area contributed by atoms with E-state index in [1.165, 1.54) is 50.6 Å². The van der Waals surface area contributed by atoms with Crippen LogP contribution in [0.25, 0.3) is 11.2 Å². The molecule has 21 heavy (non-hydrogen) atoms. The Morgan fingerprint density at radius 3 is 2.52 bits per heavy atom. The first kappa shape index (κ1) is 14.8. The van der Waals surface area contributed by atoms with Crippen molar-refractivity contribution >= 4 is 23.4 Å². The zero-order chi connectivity index (χ0) is 14.8. The Kier molecular flexibility index (Phi) is 4.48. The number of nitrogens with one attached hydrogen (secondary N) is 1. The van der Waals surface area contributed by atoms with Crippen LogP contribution in [0.4, 0.5) is 0 Å². The molecule has 0 unspecified atom stereocenters. The number of H-pyrrole nitrogens is 1. The summed E-state index contributed by atoms with van der Waals surface area (Å²) in [6.45, 7) is 2.20. The summed E-state index contributed by atoms with van der Waals surface area (Å²) >= 11 is 5.64. The molecule has 116 valence electrons. The van der Waals surface area contributed by atoms with Crippen molar-refractivity contribution in [2.75, 3.05) is 0 Å². The standard InChI is InChI=1S/C16H26N4S/c1-3-9-13-14-15(19(2)18-13)20(16(21)17-14)12-10-7-5-4-6-8-11-12/h12H,3-11H2,1-2H3,(H,17,21). The molecule has 0 bridgehead atoms. The predicted octanol–water partition coefficient (Wildman–Crippen LogP) is 4.67. The van der Waals surface area contributed by atoms with E-state index in [-0.39, 0.29) is 0 Å². The van der Waals surface area contributed by atoms with E-state index in [4.69, 9.17) is 17.3 Å². The van der Waals surface area contributed by atoms with Crippen LogP contribution in [-0.4, -0.2) is 19.3 Å². The maximum atomic E-state index is 5.64. The van der Waals surface area contributed by atoms with Crippen LogP contribution in [-0.2, 0) is 13.5 Å². The molecule has 2 aromatic rings. The van der Waals surface area contributed by atoms with Crippen molar-refractivity contribution in [2.45, 2.75) is 70.8 Å². The Balaban J connectivity index is 2.04. The zero-order valence-electron chi connectivity index (χ0n) is 13.2. The summed E-state index contributed by atoms with van der Waals surface area (Å²) in [6.07, 6.45) is 11.4. The normalized spacial score (nSPS) is 18.0. The fourth-order valence-electron chi connectivity index (χ4n) is 3.68. The van der Waals surface area contributed by atoms with Gasteiger partial charge in [0.2, 0.25) is 0 Å². The monoisotopic (exact) mass is 306 g/mol. The highest BCUT2D eigenvalue weighted by atomic mass is 32.1. The first-order chi connectivity index (χ1) is 10.2. The highest BCUT2D eigenvalue weighted by molar-refractivity contribution is 7.71. The molecule has 0 atom stereocenters. The Morgan fingerprint density at radius 1 is 1.19 bits per heavy atom. The molecule has 0 radical (unpaired) electrons. The molecule has 1 aliphatic rings. The molecule has 0 spiro atoms. The first-order valence-corrected chi connectivity index (χ1v) is 8.79. The van der Waals surface area contributed by atoms with Crippen molar-refractivity contribution in [1.82, 2.24) is 19.3 Å². The van der Waals surface area contributed by atoms with Crippen LogP contribution in [0.15, 0.2) is 0 Å². The van der Waals surface area contributed by atoms with E-state index in [0.717, 1.165) is 28.8 Å². The van der Waals surface area contributed by atoms with Crippen molar-refractivity contribution in [3.05, 3.63) is 10.5 Å². The molecule has 2 heterocycles. The molecule has 1 aliphatic carbocycles. The lowest BCUT2D eigenvalue weighted by molar-refractivity contribution is 0.372. The molecule has 1 saturated carbocycles. The molecule has 1 N–H and O–H groups in total. The summed E-state index contributed by atoms with van der Waals surface area (Å²) in [5.74, 6) is 0. The highest BCUT2D eigenvalue weighted by Crippen LogP contribution is 2.30. The molecule has 4 nitrogen and oxygen atoms in total. The van der Waals surface area contributed by atoms with E-state index in [2.05, 4.69) is 16.5 Å². The molecule has 0 aromatic carbocycles. The Morgan fingerprint density at radius 2 is 1.86 bits per heavy atom. The highest BCUT2D eigenvalue weighted by Gasteiger charge is 2.21. The average Bonchev–Trinajstić information content (AvgIpc) is 2.89. The van der Waals surface area contributed by atoms with E-state index in [1.54, 1.807) is 0 Å². The Hall–Kier alpha value is -1.10. The van der Waals surface area contributed by atoms with Crippen molar-refractivity contribution in [1.29, 1.82) is 0 Å². The number of rotatable bonds is 3. The van der Waals surface area contributed by atoms with Gasteiger partial charge in [0, 0.05) is 13.1 Å². The summed E-state index contributed by atoms with van der Waals surface area (Å²) in [6, 6.07) is 0.538. The van der Waals surface area contributed by atoms with Gasteiger partial charge >= 0.3 is 0 Å². The molecule has 1 fully saturated rings. The number of aromatic amines is 1. The van der Waals surface area contributed by atoms with Gasteiger partial charge in [-0.1, -0.05) is 45.4 Å². The van der Waals surface area contributed by atoms with Gasteiger partial charge in [-0.05, 0) is 31.5 Å². The molecular formula is C16H26N4S. The van der Waals surface area contributed by atoms with Gasteiger partial charge in [-0.15, -0.1) is 0 Å². The molecule has 0 amide bonds. The summed E-state index contributed by atoms with van der Waals surface area (Å²) in [5.41, 5.74) is 3.51. The second kappa shape index (κ2) is 6.34. The van der Waals surface area contributed by atoms with Gasteiger partial charge in [-0.25, -0.2) is 0 Å². The number of imidazole rings is 1. The lowest BCUT2D eigenvalue weighted by Crippen LogP contribution is -2.13. The van der Waals surface area contributed by atoms with Gasteiger partial charge in [0.05, 0.1) is 5.69 Å². The van der Waals surface area contributed by atoms with E-state index in [9.17, 15) is 0 Å². The minimum Gasteiger partial charge on any atom is -0.328 e. The Labute approximate surface area is 131 Å². The summed E-state index contributed by atoms with van der Waals surface area (Å²) < 4.78 is 5.24.